The second-order valence-corrected chi connectivity index (χ2v) is 7.96. The average Bonchev–Trinajstić information content (AvgIpc) is 3.26. The average molecular weight is 452 g/mol. The summed E-state index contributed by atoms with van der Waals surface area (Å²) in [5, 5.41) is 0.537. The Balaban J connectivity index is 1.51. The first-order valence-electron chi connectivity index (χ1n) is 10.1. The number of halogens is 3. The molecule has 5 rings (SSSR count). The number of anilines is 2. The van der Waals surface area contributed by atoms with E-state index in [1.165, 1.54) is 35.3 Å². The van der Waals surface area contributed by atoms with Gasteiger partial charge in [-0.25, -0.2) is 27.9 Å². The summed E-state index contributed by atoms with van der Waals surface area (Å²) in [4.78, 5) is 23.8. The van der Waals surface area contributed by atoms with Crippen LogP contribution in [0.3, 0.4) is 0 Å². The predicted molar refractivity (Wildman–Crippen MR) is 118 cm³/mol. The number of hydrogen-bond donors (Lipinski definition) is 1. The third-order valence-corrected chi connectivity index (χ3v) is 6.01. The Morgan fingerprint density at radius 1 is 1.00 bits per heavy atom. The molecule has 168 valence electrons. The Morgan fingerprint density at radius 3 is 2.52 bits per heavy atom. The Hall–Kier alpha value is -4.08. The maximum absolute atomic E-state index is 15.3. The Morgan fingerprint density at radius 2 is 1.79 bits per heavy atom. The van der Waals surface area contributed by atoms with Crippen LogP contribution in [0, 0.1) is 17.5 Å². The fraction of sp³-hybridized carbons (Fsp3) is 0.174. The first kappa shape index (κ1) is 20.8. The van der Waals surface area contributed by atoms with Crippen LogP contribution in [0.25, 0.3) is 22.2 Å². The standard InChI is InChI=1S/C23H19F3N6O/c1-30-9-16(20-21(27)28-11-29-22(20)30)14-6-4-13(8-18(14)26)32-10-19(31(2)23(32)33)15-5-3-12(24)7-17(15)25/h3-9,11,19H,10H2,1-2H3,(H2,27,28,29). The molecule has 33 heavy (non-hydrogen) atoms. The van der Waals surface area contributed by atoms with E-state index < -0.39 is 29.5 Å². The van der Waals surface area contributed by atoms with E-state index in [-0.39, 0.29) is 23.5 Å². The minimum Gasteiger partial charge on any atom is -0.383 e. The fourth-order valence-electron chi connectivity index (χ4n) is 4.32. The molecular formula is C23H19F3N6O. The van der Waals surface area contributed by atoms with E-state index in [4.69, 9.17) is 5.73 Å². The molecule has 2 N–H and O–H groups in total. The van der Waals surface area contributed by atoms with E-state index >= 15 is 4.39 Å². The number of fused-ring (bicyclic) bond motifs is 1. The number of urea groups is 1. The number of amides is 2. The van der Waals surface area contributed by atoms with Gasteiger partial charge in [0, 0.05) is 48.7 Å². The molecule has 1 fully saturated rings. The largest absolute Gasteiger partial charge is 0.383 e. The highest BCUT2D eigenvalue weighted by Crippen LogP contribution is 2.37. The van der Waals surface area contributed by atoms with Gasteiger partial charge in [-0.05, 0) is 24.3 Å². The number of carbonyl (C=O) groups excluding carboxylic acids is 1. The first-order valence-corrected chi connectivity index (χ1v) is 10.1. The number of likely N-dealkylation sites (N-methyl/N-ethyl adjacent to an activating group) is 1. The normalized spacial score (nSPS) is 16.3. The number of rotatable bonds is 3. The number of nitrogen functional groups attached to an aromatic ring is 1. The van der Waals surface area contributed by atoms with Gasteiger partial charge in [-0.1, -0.05) is 6.07 Å². The van der Waals surface area contributed by atoms with Crippen molar-refractivity contribution in [3.8, 4) is 11.1 Å². The van der Waals surface area contributed by atoms with Crippen LogP contribution in [0.1, 0.15) is 11.6 Å². The maximum Gasteiger partial charge on any atom is 0.324 e. The second kappa shape index (κ2) is 7.51. The van der Waals surface area contributed by atoms with Gasteiger partial charge in [0.1, 0.15) is 35.2 Å². The van der Waals surface area contributed by atoms with Crippen molar-refractivity contribution in [2.75, 3.05) is 24.2 Å². The molecule has 1 aliphatic rings. The monoisotopic (exact) mass is 452 g/mol. The summed E-state index contributed by atoms with van der Waals surface area (Å²) >= 11 is 0. The number of hydrogen-bond acceptors (Lipinski definition) is 4. The summed E-state index contributed by atoms with van der Waals surface area (Å²) in [5.74, 6) is -1.76. The summed E-state index contributed by atoms with van der Waals surface area (Å²) in [6.07, 6.45) is 3.06. The number of aryl methyl sites for hydroxylation is 1. The third kappa shape index (κ3) is 3.25. The third-order valence-electron chi connectivity index (χ3n) is 6.01. The molecule has 1 atom stereocenters. The van der Waals surface area contributed by atoms with Gasteiger partial charge in [0.25, 0.3) is 0 Å². The van der Waals surface area contributed by atoms with Crippen LogP contribution >= 0.6 is 0 Å². The minimum atomic E-state index is -0.737. The lowest BCUT2D eigenvalue weighted by Gasteiger charge is -2.18. The zero-order valence-electron chi connectivity index (χ0n) is 17.8. The number of benzene rings is 2. The number of nitrogens with two attached hydrogens (primary N) is 1. The minimum absolute atomic E-state index is 0.0890. The molecule has 0 aliphatic carbocycles. The molecule has 1 unspecified atom stereocenters. The van der Waals surface area contributed by atoms with E-state index in [1.807, 2.05) is 0 Å². The van der Waals surface area contributed by atoms with Crippen LogP contribution in [-0.2, 0) is 7.05 Å². The van der Waals surface area contributed by atoms with Gasteiger partial charge in [0.05, 0.1) is 18.0 Å². The molecule has 2 aromatic heterocycles. The maximum atomic E-state index is 15.3. The molecule has 3 heterocycles. The topological polar surface area (TPSA) is 80.3 Å². The SMILES string of the molecule is CN1C(=O)N(c2ccc(-c3cn(C)c4ncnc(N)c34)c(F)c2)CC1c1ccc(F)cc1F. The van der Waals surface area contributed by atoms with Crippen LogP contribution in [-0.4, -0.2) is 39.1 Å². The van der Waals surface area contributed by atoms with Crippen molar-refractivity contribution in [1.29, 1.82) is 0 Å². The van der Waals surface area contributed by atoms with Crippen LogP contribution in [0.5, 0.6) is 0 Å². The van der Waals surface area contributed by atoms with Gasteiger partial charge in [0.15, 0.2) is 0 Å². The van der Waals surface area contributed by atoms with Gasteiger partial charge >= 0.3 is 6.03 Å². The predicted octanol–water partition coefficient (Wildman–Crippen LogP) is 4.25. The van der Waals surface area contributed by atoms with Crippen LogP contribution in [0.4, 0.5) is 29.5 Å². The highest BCUT2D eigenvalue weighted by molar-refractivity contribution is 6.01. The quantitative estimate of drug-likeness (QED) is 0.504. The molecule has 1 saturated heterocycles. The van der Waals surface area contributed by atoms with E-state index in [1.54, 1.807) is 29.9 Å². The zero-order valence-corrected chi connectivity index (χ0v) is 17.8. The van der Waals surface area contributed by atoms with Crippen LogP contribution in [0.2, 0.25) is 0 Å². The first-order chi connectivity index (χ1) is 15.8. The highest BCUT2D eigenvalue weighted by atomic mass is 19.1. The van der Waals surface area contributed by atoms with Gasteiger partial charge < -0.3 is 15.2 Å². The molecule has 0 radical (unpaired) electrons. The van der Waals surface area contributed by atoms with Gasteiger partial charge in [0.2, 0.25) is 0 Å². The molecule has 2 amide bonds. The highest BCUT2D eigenvalue weighted by Gasteiger charge is 2.38. The lowest BCUT2D eigenvalue weighted by molar-refractivity contribution is 0.218. The van der Waals surface area contributed by atoms with E-state index in [2.05, 4.69) is 9.97 Å². The van der Waals surface area contributed by atoms with Crippen molar-refractivity contribution < 1.29 is 18.0 Å². The molecular weight excluding hydrogens is 433 g/mol. The Kier molecular flexibility index (Phi) is 4.73. The van der Waals surface area contributed by atoms with Crippen molar-refractivity contribution in [3.63, 3.8) is 0 Å². The van der Waals surface area contributed by atoms with Crippen LogP contribution in [0.15, 0.2) is 48.9 Å². The number of nitrogens with zero attached hydrogens (tertiary/aromatic N) is 5. The van der Waals surface area contributed by atoms with Crippen molar-refractivity contribution in [1.82, 2.24) is 19.4 Å². The molecule has 2 aromatic carbocycles. The summed E-state index contributed by atoms with van der Waals surface area (Å²) in [6, 6.07) is 6.62. The molecule has 0 bridgehead atoms. The smallest absolute Gasteiger partial charge is 0.324 e. The second-order valence-electron chi connectivity index (χ2n) is 7.96. The summed E-state index contributed by atoms with van der Waals surface area (Å²) in [6.45, 7) is 0.0890. The molecule has 0 saturated carbocycles. The van der Waals surface area contributed by atoms with Crippen molar-refractivity contribution in [3.05, 3.63) is 71.9 Å². The van der Waals surface area contributed by atoms with Crippen LogP contribution < -0.4 is 10.6 Å². The van der Waals surface area contributed by atoms with E-state index in [0.717, 1.165) is 12.1 Å². The molecule has 10 heteroatoms. The fourth-order valence-corrected chi connectivity index (χ4v) is 4.32. The zero-order chi connectivity index (χ0) is 23.4. The van der Waals surface area contributed by atoms with Crippen molar-refractivity contribution in [2.24, 2.45) is 7.05 Å². The van der Waals surface area contributed by atoms with Gasteiger partial charge in [-0.15, -0.1) is 0 Å². The molecule has 0 spiro atoms. The molecule has 7 nitrogen and oxygen atoms in total. The van der Waals surface area contributed by atoms with E-state index in [0.29, 0.717) is 22.3 Å². The Bertz CT molecular complexity index is 1420. The van der Waals surface area contributed by atoms with Crippen molar-refractivity contribution >= 4 is 28.6 Å². The Labute approximate surface area is 186 Å². The number of aromatic nitrogens is 3. The summed E-state index contributed by atoms with van der Waals surface area (Å²) in [7, 11) is 3.30. The summed E-state index contributed by atoms with van der Waals surface area (Å²) in [5.41, 5.74) is 7.92. The van der Waals surface area contributed by atoms with Gasteiger partial charge in [-0.3, -0.25) is 4.90 Å². The molecule has 4 aromatic rings. The summed E-state index contributed by atoms with van der Waals surface area (Å²) < 4.78 is 44.6. The van der Waals surface area contributed by atoms with Crippen molar-refractivity contribution in [2.45, 2.75) is 6.04 Å². The molecule has 1 aliphatic heterocycles. The van der Waals surface area contributed by atoms with E-state index in [9.17, 15) is 13.6 Å². The van der Waals surface area contributed by atoms with Gasteiger partial charge in [-0.2, -0.15) is 0 Å². The lowest BCUT2D eigenvalue weighted by Crippen LogP contribution is -2.29. The lowest BCUT2D eigenvalue weighted by atomic mass is 10.0. The number of carbonyl (C=O) groups is 1.